The highest BCUT2D eigenvalue weighted by atomic mass is 16.5. The van der Waals surface area contributed by atoms with Gasteiger partial charge in [0.2, 0.25) is 5.91 Å². The van der Waals surface area contributed by atoms with Crippen molar-refractivity contribution in [2.75, 3.05) is 13.7 Å². The number of hydrogen-bond donors (Lipinski definition) is 2. The summed E-state index contributed by atoms with van der Waals surface area (Å²) in [6, 6.07) is 8.89. The number of amides is 1. The number of methoxy groups -OCH3 is 1. The molecule has 5 nitrogen and oxygen atoms in total. The van der Waals surface area contributed by atoms with E-state index in [2.05, 4.69) is 16.3 Å². The average molecular weight is 304 g/mol. The molecule has 1 aliphatic heterocycles. The summed E-state index contributed by atoms with van der Waals surface area (Å²) in [5.41, 5.74) is 1.17. The quantitative estimate of drug-likeness (QED) is 0.865. The molecule has 3 atom stereocenters. The van der Waals surface area contributed by atoms with Crippen molar-refractivity contribution in [3.05, 3.63) is 29.8 Å². The molecule has 2 N–H and O–H groups in total. The summed E-state index contributed by atoms with van der Waals surface area (Å²) < 4.78 is 5.33. The van der Waals surface area contributed by atoms with Gasteiger partial charge in [-0.05, 0) is 43.9 Å². The maximum Gasteiger partial charge on any atom is 0.248 e. The molecule has 0 bridgehead atoms. The van der Waals surface area contributed by atoms with Crippen LogP contribution in [0.3, 0.4) is 0 Å². The second-order valence-corrected chi connectivity index (χ2v) is 6.27. The standard InChI is InChI=1S/C17H24N2O3/c1-11(20)17(21)18-15-8-9-19(13-6-7-13)16(15)12-4-3-5-14(10-12)22-2/h3-5,10-11,13,15-16,20H,6-9H2,1-2H3,(H,18,21). The van der Waals surface area contributed by atoms with Crippen LogP contribution in [-0.4, -0.2) is 47.8 Å². The molecule has 5 heteroatoms. The van der Waals surface area contributed by atoms with Crippen LogP contribution in [-0.2, 0) is 4.79 Å². The Morgan fingerprint density at radius 1 is 1.41 bits per heavy atom. The lowest BCUT2D eigenvalue weighted by Crippen LogP contribution is -2.43. The predicted octanol–water partition coefficient (Wildman–Crippen LogP) is 1.47. The Balaban J connectivity index is 1.84. The third kappa shape index (κ3) is 3.10. The molecule has 1 aliphatic carbocycles. The number of aliphatic hydroxyl groups is 1. The van der Waals surface area contributed by atoms with Crippen LogP contribution in [0.4, 0.5) is 0 Å². The van der Waals surface area contributed by atoms with Gasteiger partial charge in [0.25, 0.3) is 0 Å². The smallest absolute Gasteiger partial charge is 0.248 e. The van der Waals surface area contributed by atoms with Gasteiger partial charge in [-0.3, -0.25) is 9.69 Å². The zero-order valence-electron chi connectivity index (χ0n) is 13.2. The van der Waals surface area contributed by atoms with E-state index in [1.54, 1.807) is 7.11 Å². The van der Waals surface area contributed by atoms with Crippen molar-refractivity contribution < 1.29 is 14.6 Å². The minimum absolute atomic E-state index is 0.0369. The normalized spacial score (nSPS) is 26.7. The molecule has 1 saturated carbocycles. The number of benzene rings is 1. The van der Waals surface area contributed by atoms with Gasteiger partial charge in [-0.15, -0.1) is 0 Å². The number of hydrogen-bond acceptors (Lipinski definition) is 4. The Morgan fingerprint density at radius 2 is 2.18 bits per heavy atom. The molecular formula is C17H24N2O3. The summed E-state index contributed by atoms with van der Waals surface area (Å²) in [7, 11) is 1.67. The molecule has 3 rings (SSSR count). The van der Waals surface area contributed by atoms with Crippen LogP contribution in [0.5, 0.6) is 5.75 Å². The highest BCUT2D eigenvalue weighted by Crippen LogP contribution is 2.41. The molecule has 3 unspecified atom stereocenters. The van der Waals surface area contributed by atoms with Gasteiger partial charge in [-0.1, -0.05) is 12.1 Å². The van der Waals surface area contributed by atoms with Crippen molar-refractivity contribution in [1.82, 2.24) is 10.2 Å². The molecule has 1 aromatic rings. The fourth-order valence-corrected chi connectivity index (χ4v) is 3.34. The molecule has 1 saturated heterocycles. The fraction of sp³-hybridized carbons (Fsp3) is 0.588. The average Bonchev–Trinajstić information content (AvgIpc) is 3.28. The van der Waals surface area contributed by atoms with E-state index in [-0.39, 0.29) is 18.0 Å². The Labute approximate surface area is 131 Å². The lowest BCUT2D eigenvalue weighted by molar-refractivity contribution is -0.129. The number of ether oxygens (including phenoxy) is 1. The first-order chi connectivity index (χ1) is 10.6. The second-order valence-electron chi connectivity index (χ2n) is 6.27. The zero-order valence-corrected chi connectivity index (χ0v) is 13.2. The van der Waals surface area contributed by atoms with Crippen LogP contribution in [0.25, 0.3) is 0 Å². The SMILES string of the molecule is COc1cccc(C2C(NC(=O)C(C)O)CCN2C2CC2)c1. The van der Waals surface area contributed by atoms with Gasteiger partial charge in [-0.2, -0.15) is 0 Å². The lowest BCUT2D eigenvalue weighted by atomic mass is 9.99. The van der Waals surface area contributed by atoms with Crippen LogP contribution in [0.2, 0.25) is 0 Å². The van der Waals surface area contributed by atoms with Crippen LogP contribution in [0.1, 0.15) is 37.8 Å². The Hall–Kier alpha value is -1.59. The summed E-state index contributed by atoms with van der Waals surface area (Å²) in [6.45, 7) is 2.49. The van der Waals surface area contributed by atoms with E-state index in [9.17, 15) is 9.90 Å². The largest absolute Gasteiger partial charge is 0.497 e. The molecule has 0 spiro atoms. The summed E-state index contributed by atoms with van der Waals surface area (Å²) in [5, 5.41) is 12.5. The highest BCUT2D eigenvalue weighted by molar-refractivity contribution is 5.80. The fourth-order valence-electron chi connectivity index (χ4n) is 3.34. The minimum atomic E-state index is -0.971. The minimum Gasteiger partial charge on any atom is -0.497 e. The van der Waals surface area contributed by atoms with Crippen molar-refractivity contribution in [2.24, 2.45) is 0 Å². The number of likely N-dealkylation sites (tertiary alicyclic amines) is 1. The van der Waals surface area contributed by atoms with Crippen LogP contribution >= 0.6 is 0 Å². The van der Waals surface area contributed by atoms with E-state index in [4.69, 9.17) is 4.74 Å². The number of carbonyl (C=O) groups is 1. The predicted molar refractivity (Wildman–Crippen MR) is 83.7 cm³/mol. The van der Waals surface area contributed by atoms with Crippen LogP contribution in [0, 0.1) is 0 Å². The van der Waals surface area contributed by atoms with Gasteiger partial charge in [0.15, 0.2) is 0 Å². The van der Waals surface area contributed by atoms with Gasteiger partial charge >= 0.3 is 0 Å². The first kappa shape index (κ1) is 15.3. The first-order valence-corrected chi connectivity index (χ1v) is 7.98. The van der Waals surface area contributed by atoms with E-state index in [1.807, 2.05) is 18.2 Å². The van der Waals surface area contributed by atoms with Crippen molar-refractivity contribution in [2.45, 2.75) is 50.4 Å². The molecule has 0 radical (unpaired) electrons. The third-order valence-corrected chi connectivity index (χ3v) is 4.60. The van der Waals surface area contributed by atoms with Gasteiger partial charge < -0.3 is 15.2 Å². The van der Waals surface area contributed by atoms with Crippen LogP contribution in [0.15, 0.2) is 24.3 Å². The summed E-state index contributed by atoms with van der Waals surface area (Å²) in [4.78, 5) is 14.4. The first-order valence-electron chi connectivity index (χ1n) is 7.98. The van der Waals surface area contributed by atoms with Crippen molar-refractivity contribution in [1.29, 1.82) is 0 Å². The third-order valence-electron chi connectivity index (χ3n) is 4.60. The number of carbonyl (C=O) groups excluding carboxylic acids is 1. The topological polar surface area (TPSA) is 61.8 Å². The van der Waals surface area contributed by atoms with E-state index in [0.717, 1.165) is 18.7 Å². The van der Waals surface area contributed by atoms with Gasteiger partial charge in [0.1, 0.15) is 11.9 Å². The molecule has 2 aliphatic rings. The summed E-state index contributed by atoms with van der Waals surface area (Å²) in [6.07, 6.45) is 2.41. The molecule has 1 heterocycles. The van der Waals surface area contributed by atoms with E-state index >= 15 is 0 Å². The molecule has 2 fully saturated rings. The van der Waals surface area contributed by atoms with Gasteiger partial charge in [0.05, 0.1) is 13.2 Å². The van der Waals surface area contributed by atoms with Crippen LogP contribution < -0.4 is 10.1 Å². The number of aliphatic hydroxyl groups excluding tert-OH is 1. The maximum atomic E-state index is 11.9. The summed E-state index contributed by atoms with van der Waals surface area (Å²) >= 11 is 0. The molecular weight excluding hydrogens is 280 g/mol. The van der Waals surface area contributed by atoms with Gasteiger partial charge in [-0.25, -0.2) is 0 Å². The molecule has 1 aromatic carbocycles. The van der Waals surface area contributed by atoms with Gasteiger partial charge in [0, 0.05) is 18.6 Å². The molecule has 22 heavy (non-hydrogen) atoms. The lowest BCUT2D eigenvalue weighted by Gasteiger charge is -2.29. The Kier molecular flexibility index (Phi) is 4.36. The van der Waals surface area contributed by atoms with Crippen molar-refractivity contribution in [3.8, 4) is 5.75 Å². The highest BCUT2D eigenvalue weighted by Gasteiger charge is 2.43. The second kappa shape index (κ2) is 6.26. The number of nitrogens with one attached hydrogen (secondary N) is 1. The Bertz CT molecular complexity index is 542. The number of nitrogens with zero attached hydrogens (tertiary/aromatic N) is 1. The van der Waals surface area contributed by atoms with Crippen molar-refractivity contribution >= 4 is 5.91 Å². The van der Waals surface area contributed by atoms with E-state index in [0.29, 0.717) is 6.04 Å². The molecule has 1 amide bonds. The zero-order chi connectivity index (χ0) is 15.7. The van der Waals surface area contributed by atoms with Crippen molar-refractivity contribution in [3.63, 3.8) is 0 Å². The maximum absolute atomic E-state index is 11.9. The summed E-state index contributed by atoms with van der Waals surface area (Å²) in [5.74, 6) is 0.538. The van der Waals surface area contributed by atoms with E-state index < -0.39 is 6.10 Å². The molecule has 120 valence electrons. The molecule has 0 aromatic heterocycles. The van der Waals surface area contributed by atoms with E-state index in [1.165, 1.54) is 25.3 Å². The monoisotopic (exact) mass is 304 g/mol. The number of rotatable bonds is 5. The Morgan fingerprint density at radius 3 is 2.82 bits per heavy atom.